The molecule has 0 unspecified atom stereocenters. The number of fused-ring (bicyclic) bond motifs is 1. The van der Waals surface area contributed by atoms with Gasteiger partial charge >= 0.3 is 0 Å². The number of ether oxygens (including phenoxy) is 2. The van der Waals surface area contributed by atoms with Crippen LogP contribution in [0.2, 0.25) is 54.4 Å². The molecule has 0 spiro atoms. The molecular weight excluding hydrogens is 581 g/mol. The Morgan fingerprint density at radius 2 is 1.29 bits per heavy atom. The molecular formula is C30H58N4O5Si3. The maximum Gasteiger partial charge on any atom is 0.245 e. The summed E-state index contributed by atoms with van der Waals surface area (Å²) in [5.74, 6) is 1.05. The summed E-state index contributed by atoms with van der Waals surface area (Å²) in [6.07, 6.45) is 0.235. The number of rotatable bonds is 9. The van der Waals surface area contributed by atoms with Crippen LogP contribution in [0, 0.1) is 6.92 Å². The summed E-state index contributed by atoms with van der Waals surface area (Å²) in [6.45, 7) is 36.4. The minimum absolute atomic E-state index is 0.00617. The highest BCUT2D eigenvalue weighted by Gasteiger charge is 2.55. The van der Waals surface area contributed by atoms with Crippen molar-refractivity contribution in [2.75, 3.05) is 13.7 Å². The van der Waals surface area contributed by atoms with Gasteiger partial charge in [0.1, 0.15) is 24.1 Å². The molecule has 240 valence electrons. The van der Waals surface area contributed by atoms with Crippen LogP contribution in [0.15, 0.2) is 6.33 Å². The Morgan fingerprint density at radius 3 is 1.76 bits per heavy atom. The fourth-order valence-corrected chi connectivity index (χ4v) is 7.82. The molecule has 0 amide bonds. The van der Waals surface area contributed by atoms with E-state index in [0.29, 0.717) is 29.5 Å². The van der Waals surface area contributed by atoms with E-state index in [1.807, 2.05) is 11.5 Å². The summed E-state index contributed by atoms with van der Waals surface area (Å²) in [5.41, 5.74) is 1.26. The van der Waals surface area contributed by atoms with E-state index in [4.69, 9.17) is 27.7 Å². The van der Waals surface area contributed by atoms with Crippen LogP contribution in [0.4, 0.5) is 0 Å². The molecule has 0 bridgehead atoms. The van der Waals surface area contributed by atoms with E-state index < -0.39 is 31.2 Å². The van der Waals surface area contributed by atoms with Crippen LogP contribution in [0.5, 0.6) is 5.88 Å². The number of hydrogen-bond donors (Lipinski definition) is 0. The smallest absolute Gasteiger partial charge is 0.245 e. The molecule has 0 radical (unpaired) electrons. The highest BCUT2D eigenvalue weighted by Crippen LogP contribution is 2.47. The van der Waals surface area contributed by atoms with Gasteiger partial charge in [-0.2, -0.15) is 4.98 Å². The van der Waals surface area contributed by atoms with Gasteiger partial charge in [0.25, 0.3) is 0 Å². The normalized spacial score (nSPS) is 23.2. The van der Waals surface area contributed by atoms with Crippen LogP contribution in [-0.4, -0.2) is 76.5 Å². The molecule has 0 aliphatic carbocycles. The SMILES string of the molecule is COc1nc(C)nc2c1ncn2[C@@H]1O[C@H](CO[Si](C)(C)C(C)(C)C)[C@@H](O[Si](C)(C)C(C)(C)C)[C@H]1O[Si](C)(C)C(C)(C)C. The Hall–Kier alpha value is -1.16. The summed E-state index contributed by atoms with van der Waals surface area (Å²) in [4.78, 5) is 13.9. The highest BCUT2D eigenvalue weighted by molar-refractivity contribution is 6.75. The van der Waals surface area contributed by atoms with E-state index >= 15 is 0 Å². The van der Waals surface area contributed by atoms with Crippen molar-refractivity contribution in [2.45, 2.75) is 148 Å². The number of hydrogen-bond acceptors (Lipinski definition) is 8. The molecule has 0 saturated carbocycles. The zero-order valence-electron chi connectivity index (χ0n) is 29.4. The fourth-order valence-electron chi connectivity index (χ4n) is 4.20. The summed E-state index contributed by atoms with van der Waals surface area (Å²) in [5, 5.41) is 0.0774. The predicted molar refractivity (Wildman–Crippen MR) is 178 cm³/mol. The zero-order valence-corrected chi connectivity index (χ0v) is 32.4. The van der Waals surface area contributed by atoms with Crippen molar-refractivity contribution >= 4 is 36.1 Å². The van der Waals surface area contributed by atoms with E-state index in [-0.39, 0.29) is 33.4 Å². The minimum atomic E-state index is -2.27. The van der Waals surface area contributed by atoms with Gasteiger partial charge in [0.05, 0.1) is 20.0 Å². The van der Waals surface area contributed by atoms with Gasteiger partial charge in [-0.15, -0.1) is 0 Å². The van der Waals surface area contributed by atoms with Gasteiger partial charge in [-0.1, -0.05) is 62.3 Å². The van der Waals surface area contributed by atoms with Gasteiger partial charge < -0.3 is 22.8 Å². The molecule has 0 aromatic carbocycles. The van der Waals surface area contributed by atoms with E-state index in [1.165, 1.54) is 0 Å². The van der Waals surface area contributed by atoms with Crippen LogP contribution in [0.3, 0.4) is 0 Å². The third kappa shape index (κ3) is 7.05. The van der Waals surface area contributed by atoms with Crippen LogP contribution in [0.1, 0.15) is 74.4 Å². The second kappa shape index (κ2) is 11.6. The molecule has 3 rings (SSSR count). The molecule has 1 aliphatic heterocycles. The Kier molecular flexibility index (Phi) is 9.79. The molecule has 0 N–H and O–H groups in total. The number of imidazole rings is 1. The third-order valence-corrected chi connectivity index (χ3v) is 23.6. The van der Waals surface area contributed by atoms with E-state index in [0.717, 1.165) is 0 Å². The lowest BCUT2D eigenvalue weighted by atomic mass is 10.1. The largest absolute Gasteiger partial charge is 0.479 e. The summed E-state index contributed by atoms with van der Waals surface area (Å²) < 4.78 is 35.9. The third-order valence-electron chi connectivity index (χ3n) is 10.1. The first-order chi connectivity index (χ1) is 18.8. The summed E-state index contributed by atoms with van der Waals surface area (Å²) >= 11 is 0. The van der Waals surface area contributed by atoms with Crippen LogP contribution >= 0.6 is 0 Å². The quantitative estimate of drug-likeness (QED) is 0.257. The number of methoxy groups -OCH3 is 1. The molecule has 4 atom stereocenters. The number of aryl methyl sites for hydroxylation is 1. The van der Waals surface area contributed by atoms with Gasteiger partial charge in [-0.05, 0) is 61.3 Å². The average molecular weight is 639 g/mol. The first-order valence-electron chi connectivity index (χ1n) is 15.2. The molecule has 9 nitrogen and oxygen atoms in total. The Labute approximate surface area is 257 Å². The lowest BCUT2D eigenvalue weighted by molar-refractivity contribution is -0.0470. The molecule has 3 heterocycles. The van der Waals surface area contributed by atoms with Gasteiger partial charge in [-0.25, -0.2) is 9.97 Å². The van der Waals surface area contributed by atoms with Crippen LogP contribution in [0.25, 0.3) is 11.2 Å². The van der Waals surface area contributed by atoms with Crippen LogP contribution < -0.4 is 4.74 Å². The highest BCUT2D eigenvalue weighted by atomic mass is 28.4. The van der Waals surface area contributed by atoms with E-state index in [2.05, 4.69) is 112 Å². The average Bonchev–Trinajstić information content (AvgIpc) is 3.36. The van der Waals surface area contributed by atoms with Gasteiger partial charge in [0.2, 0.25) is 5.88 Å². The van der Waals surface area contributed by atoms with Crippen molar-refractivity contribution < 1.29 is 22.8 Å². The van der Waals surface area contributed by atoms with Crippen LogP contribution in [-0.2, 0) is 18.0 Å². The van der Waals surface area contributed by atoms with Crippen molar-refractivity contribution in [1.82, 2.24) is 19.5 Å². The maximum atomic E-state index is 7.28. The second-order valence-electron chi connectivity index (χ2n) is 16.4. The lowest BCUT2D eigenvalue weighted by Crippen LogP contribution is -2.54. The standard InChI is InChI=1S/C30H58N4O5Si3/c1-20-32-25-22(26(33-20)35-11)31-19-34(25)27-24(39-42(16,17)30(8,9)10)23(38-41(14,15)29(5,6)7)21(37-27)18-36-40(12,13)28(2,3)4/h19,21,23-24,27H,18H2,1-17H3/t21-,23-,24-,27-/m1/s1. The van der Waals surface area contributed by atoms with Gasteiger partial charge in [-0.3, -0.25) is 4.57 Å². The molecule has 1 saturated heterocycles. The van der Waals surface area contributed by atoms with E-state index in [1.54, 1.807) is 13.4 Å². The molecule has 1 aliphatic rings. The summed E-state index contributed by atoms with van der Waals surface area (Å²) in [6, 6.07) is 0. The van der Waals surface area contributed by atoms with Crippen molar-refractivity contribution in [2.24, 2.45) is 0 Å². The number of aromatic nitrogens is 4. The zero-order chi connectivity index (χ0) is 32.3. The van der Waals surface area contributed by atoms with Gasteiger partial charge in [0.15, 0.2) is 42.3 Å². The van der Waals surface area contributed by atoms with Crippen molar-refractivity contribution in [1.29, 1.82) is 0 Å². The first kappa shape index (κ1) is 35.3. The van der Waals surface area contributed by atoms with Gasteiger partial charge in [0, 0.05) is 0 Å². The molecule has 2 aromatic heterocycles. The Morgan fingerprint density at radius 1 is 0.786 bits per heavy atom. The predicted octanol–water partition coefficient (Wildman–Crippen LogP) is 7.84. The van der Waals surface area contributed by atoms with Crippen molar-refractivity contribution in [3.8, 4) is 5.88 Å². The summed E-state index contributed by atoms with van der Waals surface area (Å²) in [7, 11) is -4.96. The fraction of sp³-hybridized carbons (Fsp3) is 0.833. The molecule has 1 fully saturated rings. The first-order valence-corrected chi connectivity index (χ1v) is 24.0. The second-order valence-corrected chi connectivity index (χ2v) is 30.7. The maximum absolute atomic E-state index is 7.28. The molecule has 2 aromatic rings. The van der Waals surface area contributed by atoms with E-state index in [9.17, 15) is 0 Å². The lowest BCUT2D eigenvalue weighted by Gasteiger charge is -2.44. The Balaban J connectivity index is 2.19. The number of nitrogens with zero attached hydrogens (tertiary/aromatic N) is 4. The Bertz CT molecular complexity index is 1240. The topological polar surface area (TPSA) is 89.8 Å². The van der Waals surface area contributed by atoms with Crippen molar-refractivity contribution in [3.63, 3.8) is 0 Å². The molecule has 42 heavy (non-hydrogen) atoms. The molecule has 12 heteroatoms. The monoisotopic (exact) mass is 638 g/mol. The minimum Gasteiger partial charge on any atom is -0.479 e. The van der Waals surface area contributed by atoms with Crippen molar-refractivity contribution in [3.05, 3.63) is 12.2 Å².